The van der Waals surface area contributed by atoms with E-state index in [0.29, 0.717) is 18.4 Å². The Labute approximate surface area is 124 Å². The molecule has 0 bridgehead atoms. The Morgan fingerprint density at radius 2 is 1.76 bits per heavy atom. The van der Waals surface area contributed by atoms with Crippen molar-refractivity contribution in [3.05, 3.63) is 35.9 Å². The van der Waals surface area contributed by atoms with Gasteiger partial charge in [-0.1, -0.05) is 49.6 Å². The maximum atomic E-state index is 12.0. The molecule has 0 saturated heterocycles. The van der Waals surface area contributed by atoms with Crippen molar-refractivity contribution in [1.29, 1.82) is 0 Å². The number of carbonyl (C=O) groups excluding carboxylic acids is 1. The predicted molar refractivity (Wildman–Crippen MR) is 77.6 cm³/mol. The van der Waals surface area contributed by atoms with E-state index < -0.39 is 23.4 Å². The first kappa shape index (κ1) is 15.5. The van der Waals surface area contributed by atoms with Crippen molar-refractivity contribution in [3.8, 4) is 0 Å². The molecule has 1 aromatic rings. The molecule has 0 heterocycles. The molecular formula is C16H21NO4. The molecule has 1 aliphatic rings. The lowest BCUT2D eigenvalue weighted by Crippen LogP contribution is -2.45. The Balaban J connectivity index is 1.97. The number of aliphatic hydroxyl groups excluding tert-OH is 1. The summed E-state index contributed by atoms with van der Waals surface area (Å²) in [5, 5.41) is 22.0. The fourth-order valence-corrected chi connectivity index (χ4v) is 2.83. The van der Waals surface area contributed by atoms with E-state index in [4.69, 9.17) is 0 Å². The first-order valence-corrected chi connectivity index (χ1v) is 7.29. The number of amides is 1. The summed E-state index contributed by atoms with van der Waals surface area (Å²) in [6.45, 7) is 0.0745. The largest absolute Gasteiger partial charge is 0.481 e. The summed E-state index contributed by atoms with van der Waals surface area (Å²) in [5.74, 6) is -1.41. The third-order valence-electron chi connectivity index (χ3n) is 4.23. The Hall–Kier alpha value is -1.88. The van der Waals surface area contributed by atoms with E-state index in [9.17, 15) is 19.8 Å². The number of rotatable bonds is 5. The molecular weight excluding hydrogens is 270 g/mol. The highest BCUT2D eigenvalue weighted by Crippen LogP contribution is 2.36. The summed E-state index contributed by atoms with van der Waals surface area (Å²) in [4.78, 5) is 23.5. The molecule has 0 radical (unpaired) electrons. The summed E-state index contributed by atoms with van der Waals surface area (Å²) in [7, 11) is 0. The molecule has 2 rings (SSSR count). The van der Waals surface area contributed by atoms with Gasteiger partial charge in [-0.15, -0.1) is 0 Å². The minimum Gasteiger partial charge on any atom is -0.481 e. The van der Waals surface area contributed by atoms with Crippen LogP contribution >= 0.6 is 0 Å². The van der Waals surface area contributed by atoms with Crippen molar-refractivity contribution in [3.63, 3.8) is 0 Å². The molecule has 21 heavy (non-hydrogen) atoms. The SMILES string of the molecule is O=C(NCC1(C(=O)O)CCCCC1)C(O)c1ccccc1. The van der Waals surface area contributed by atoms with Crippen LogP contribution in [0.2, 0.25) is 0 Å². The molecule has 1 amide bonds. The van der Waals surface area contributed by atoms with Crippen molar-refractivity contribution in [2.24, 2.45) is 5.41 Å². The van der Waals surface area contributed by atoms with Crippen LogP contribution in [0.15, 0.2) is 30.3 Å². The summed E-state index contributed by atoms with van der Waals surface area (Å²) in [6, 6.07) is 8.61. The molecule has 0 aliphatic heterocycles. The van der Waals surface area contributed by atoms with E-state index in [1.165, 1.54) is 0 Å². The van der Waals surface area contributed by atoms with Gasteiger partial charge >= 0.3 is 5.97 Å². The van der Waals surface area contributed by atoms with Gasteiger partial charge in [0.15, 0.2) is 6.10 Å². The van der Waals surface area contributed by atoms with Crippen LogP contribution in [0.5, 0.6) is 0 Å². The van der Waals surface area contributed by atoms with Gasteiger partial charge in [0.05, 0.1) is 5.41 Å². The smallest absolute Gasteiger partial charge is 0.311 e. The Bertz CT molecular complexity index is 494. The van der Waals surface area contributed by atoms with Crippen LogP contribution in [0.1, 0.15) is 43.8 Å². The molecule has 114 valence electrons. The Morgan fingerprint density at radius 3 is 2.33 bits per heavy atom. The number of aliphatic carboxylic acids is 1. The zero-order valence-electron chi connectivity index (χ0n) is 11.9. The average molecular weight is 291 g/mol. The fraction of sp³-hybridized carbons (Fsp3) is 0.500. The van der Waals surface area contributed by atoms with E-state index in [1.54, 1.807) is 30.3 Å². The molecule has 0 spiro atoms. The van der Waals surface area contributed by atoms with Gasteiger partial charge in [0.25, 0.3) is 5.91 Å². The van der Waals surface area contributed by atoms with Crippen molar-refractivity contribution in [2.75, 3.05) is 6.54 Å². The van der Waals surface area contributed by atoms with E-state index in [0.717, 1.165) is 19.3 Å². The van der Waals surface area contributed by atoms with Crippen molar-refractivity contribution in [2.45, 2.75) is 38.2 Å². The van der Waals surface area contributed by atoms with Crippen molar-refractivity contribution >= 4 is 11.9 Å². The van der Waals surface area contributed by atoms with Gasteiger partial charge in [0, 0.05) is 6.54 Å². The van der Waals surface area contributed by atoms with E-state index in [-0.39, 0.29) is 6.54 Å². The van der Waals surface area contributed by atoms with Crippen LogP contribution in [-0.4, -0.2) is 28.6 Å². The van der Waals surface area contributed by atoms with Crippen molar-refractivity contribution < 1.29 is 19.8 Å². The minimum atomic E-state index is -1.26. The maximum absolute atomic E-state index is 12.0. The first-order chi connectivity index (χ1) is 10.1. The number of hydrogen-bond acceptors (Lipinski definition) is 3. The Morgan fingerprint density at radius 1 is 1.14 bits per heavy atom. The first-order valence-electron chi connectivity index (χ1n) is 7.29. The predicted octanol–water partition coefficient (Wildman–Crippen LogP) is 1.87. The topological polar surface area (TPSA) is 86.6 Å². The van der Waals surface area contributed by atoms with E-state index in [2.05, 4.69) is 5.32 Å². The van der Waals surface area contributed by atoms with Gasteiger partial charge in [-0.05, 0) is 18.4 Å². The lowest BCUT2D eigenvalue weighted by Gasteiger charge is -2.33. The van der Waals surface area contributed by atoms with Crippen LogP contribution in [-0.2, 0) is 9.59 Å². The minimum absolute atomic E-state index is 0.0745. The summed E-state index contributed by atoms with van der Waals surface area (Å²) in [6.07, 6.45) is 2.65. The molecule has 1 unspecified atom stereocenters. The lowest BCUT2D eigenvalue weighted by atomic mass is 9.74. The number of carboxylic acids is 1. The standard InChI is InChI=1S/C16H21NO4/c18-13(12-7-3-1-4-8-12)14(19)17-11-16(15(20)21)9-5-2-6-10-16/h1,3-4,7-8,13,18H,2,5-6,9-11H2,(H,17,19)(H,20,21). The highest BCUT2D eigenvalue weighted by molar-refractivity contribution is 5.83. The lowest BCUT2D eigenvalue weighted by molar-refractivity contribution is -0.151. The van der Waals surface area contributed by atoms with Crippen LogP contribution in [0.25, 0.3) is 0 Å². The summed E-state index contributed by atoms with van der Waals surface area (Å²) >= 11 is 0. The second-order valence-corrected chi connectivity index (χ2v) is 5.68. The Kier molecular flexibility index (Phi) is 4.96. The zero-order chi connectivity index (χ0) is 15.3. The van der Waals surface area contributed by atoms with Gasteiger partial charge < -0.3 is 15.5 Å². The average Bonchev–Trinajstić information content (AvgIpc) is 2.53. The molecule has 1 aliphatic carbocycles. The molecule has 1 atom stereocenters. The highest BCUT2D eigenvalue weighted by atomic mass is 16.4. The fourth-order valence-electron chi connectivity index (χ4n) is 2.83. The third kappa shape index (κ3) is 3.61. The molecule has 1 aromatic carbocycles. The monoisotopic (exact) mass is 291 g/mol. The van der Waals surface area contributed by atoms with Crippen LogP contribution < -0.4 is 5.32 Å². The zero-order valence-corrected chi connectivity index (χ0v) is 11.9. The number of benzene rings is 1. The van der Waals surface area contributed by atoms with Gasteiger partial charge in [-0.25, -0.2) is 0 Å². The van der Waals surface area contributed by atoms with Crippen LogP contribution in [0.3, 0.4) is 0 Å². The number of carbonyl (C=O) groups is 2. The quantitative estimate of drug-likeness (QED) is 0.773. The van der Waals surface area contributed by atoms with Crippen molar-refractivity contribution in [1.82, 2.24) is 5.32 Å². The molecule has 3 N–H and O–H groups in total. The summed E-state index contributed by atoms with van der Waals surface area (Å²) in [5.41, 5.74) is -0.382. The number of hydrogen-bond donors (Lipinski definition) is 3. The van der Waals surface area contributed by atoms with Crippen LogP contribution in [0, 0.1) is 5.41 Å². The van der Waals surface area contributed by atoms with Gasteiger partial charge in [-0.2, -0.15) is 0 Å². The number of aliphatic hydroxyl groups is 1. The second kappa shape index (κ2) is 6.72. The number of nitrogens with one attached hydrogen (secondary N) is 1. The normalized spacial score (nSPS) is 18.7. The van der Waals surface area contributed by atoms with Gasteiger partial charge in [0.2, 0.25) is 0 Å². The maximum Gasteiger partial charge on any atom is 0.311 e. The second-order valence-electron chi connectivity index (χ2n) is 5.68. The molecule has 5 nitrogen and oxygen atoms in total. The van der Waals surface area contributed by atoms with E-state index >= 15 is 0 Å². The van der Waals surface area contributed by atoms with E-state index in [1.807, 2.05) is 0 Å². The van der Waals surface area contributed by atoms with Gasteiger partial charge in [0.1, 0.15) is 0 Å². The molecule has 1 saturated carbocycles. The number of carboxylic acid groups (broad SMARTS) is 1. The molecule has 0 aromatic heterocycles. The summed E-state index contributed by atoms with van der Waals surface area (Å²) < 4.78 is 0. The highest BCUT2D eigenvalue weighted by Gasteiger charge is 2.40. The van der Waals surface area contributed by atoms with Crippen LogP contribution in [0.4, 0.5) is 0 Å². The van der Waals surface area contributed by atoms with Gasteiger partial charge in [-0.3, -0.25) is 9.59 Å². The molecule has 1 fully saturated rings. The third-order valence-corrected chi connectivity index (χ3v) is 4.23. The molecule has 5 heteroatoms.